The molecule has 0 bridgehead atoms. The number of aryl methyl sites for hydroxylation is 1. The third-order valence-corrected chi connectivity index (χ3v) is 2.60. The van der Waals surface area contributed by atoms with Crippen LogP contribution in [0.15, 0.2) is 42.6 Å². The molecule has 0 radical (unpaired) electrons. The molecule has 1 unspecified atom stereocenters. The molecule has 3 heteroatoms. The molecule has 0 aliphatic rings. The third-order valence-electron chi connectivity index (χ3n) is 2.60. The minimum atomic E-state index is 0.179. The van der Waals surface area contributed by atoms with Crippen LogP contribution in [-0.4, -0.2) is 11.0 Å². The van der Waals surface area contributed by atoms with Gasteiger partial charge in [0, 0.05) is 11.7 Å². The lowest BCUT2D eigenvalue weighted by Gasteiger charge is -2.08. The average Bonchev–Trinajstić information content (AvgIpc) is 2.34. The van der Waals surface area contributed by atoms with Crippen molar-refractivity contribution in [3.8, 4) is 11.5 Å². The van der Waals surface area contributed by atoms with Gasteiger partial charge in [0.05, 0.1) is 6.20 Å². The normalized spacial score (nSPS) is 12.2. The molecule has 94 valence electrons. The van der Waals surface area contributed by atoms with Gasteiger partial charge in [-0.2, -0.15) is 0 Å². The highest BCUT2D eigenvalue weighted by molar-refractivity contribution is 5.32. The maximum absolute atomic E-state index is 5.76. The summed E-state index contributed by atoms with van der Waals surface area (Å²) < 4.78 is 5.70. The predicted octanol–water partition coefficient (Wildman–Crippen LogP) is 3.07. The molecule has 2 aromatic rings. The Kier molecular flexibility index (Phi) is 3.95. The molecule has 18 heavy (non-hydrogen) atoms. The Morgan fingerprint density at radius 3 is 2.33 bits per heavy atom. The Labute approximate surface area is 108 Å². The average molecular weight is 242 g/mol. The summed E-state index contributed by atoms with van der Waals surface area (Å²) in [6, 6.07) is 12.0. The summed E-state index contributed by atoms with van der Waals surface area (Å²) >= 11 is 0. The van der Waals surface area contributed by atoms with Gasteiger partial charge in [0.25, 0.3) is 0 Å². The molecule has 2 N–H and O–H groups in total. The van der Waals surface area contributed by atoms with E-state index in [1.54, 1.807) is 6.20 Å². The van der Waals surface area contributed by atoms with Gasteiger partial charge in [0.2, 0.25) is 0 Å². The number of rotatable bonds is 4. The van der Waals surface area contributed by atoms with Gasteiger partial charge >= 0.3 is 0 Å². The Morgan fingerprint density at radius 1 is 1.11 bits per heavy atom. The molecule has 0 aliphatic heterocycles. The van der Waals surface area contributed by atoms with Crippen molar-refractivity contribution in [3.63, 3.8) is 0 Å². The van der Waals surface area contributed by atoms with E-state index in [-0.39, 0.29) is 6.04 Å². The minimum Gasteiger partial charge on any atom is -0.456 e. The fourth-order valence-corrected chi connectivity index (χ4v) is 1.72. The van der Waals surface area contributed by atoms with E-state index in [4.69, 9.17) is 10.5 Å². The van der Waals surface area contributed by atoms with E-state index in [2.05, 4.69) is 4.98 Å². The zero-order chi connectivity index (χ0) is 13.0. The molecule has 2 rings (SSSR count). The second-order valence-electron chi connectivity index (χ2n) is 4.56. The molecule has 3 nitrogen and oxygen atoms in total. The van der Waals surface area contributed by atoms with Gasteiger partial charge in [-0.05, 0) is 50.1 Å². The van der Waals surface area contributed by atoms with Gasteiger partial charge < -0.3 is 10.5 Å². The van der Waals surface area contributed by atoms with E-state index < -0.39 is 0 Å². The molecule has 0 fully saturated rings. The number of hydrogen-bond donors (Lipinski definition) is 1. The van der Waals surface area contributed by atoms with Crippen LogP contribution < -0.4 is 10.5 Å². The maximum atomic E-state index is 5.76. The molecule has 1 heterocycles. The van der Waals surface area contributed by atoms with E-state index >= 15 is 0 Å². The quantitative estimate of drug-likeness (QED) is 0.896. The van der Waals surface area contributed by atoms with Gasteiger partial charge in [-0.25, -0.2) is 0 Å². The highest BCUT2D eigenvalue weighted by atomic mass is 16.5. The zero-order valence-electron chi connectivity index (χ0n) is 10.8. The largest absolute Gasteiger partial charge is 0.456 e. The second-order valence-corrected chi connectivity index (χ2v) is 4.56. The van der Waals surface area contributed by atoms with Crippen LogP contribution in [-0.2, 0) is 6.42 Å². The lowest BCUT2D eigenvalue weighted by Crippen LogP contribution is -2.17. The van der Waals surface area contributed by atoms with Crippen LogP contribution in [0.25, 0.3) is 0 Å². The van der Waals surface area contributed by atoms with Crippen molar-refractivity contribution >= 4 is 0 Å². The smallest absolute Gasteiger partial charge is 0.145 e. The fraction of sp³-hybridized carbons (Fsp3) is 0.267. The minimum absolute atomic E-state index is 0.179. The first-order valence-corrected chi connectivity index (χ1v) is 6.08. The van der Waals surface area contributed by atoms with Crippen LogP contribution in [0.5, 0.6) is 11.5 Å². The van der Waals surface area contributed by atoms with E-state index in [0.717, 1.165) is 23.6 Å². The molecule has 0 saturated carbocycles. The Bertz CT molecular complexity index is 489. The molecule has 0 amide bonds. The topological polar surface area (TPSA) is 48.1 Å². The molecule has 1 atom stereocenters. The molecule has 1 aromatic carbocycles. The standard InChI is InChI=1S/C15H18N2O/c1-11(16)9-13-4-7-14(8-5-13)18-15-6-3-12(2)17-10-15/h3-8,10-11H,9,16H2,1-2H3. The lowest BCUT2D eigenvalue weighted by molar-refractivity contribution is 0.479. The third kappa shape index (κ3) is 3.57. The first-order valence-electron chi connectivity index (χ1n) is 6.08. The second kappa shape index (κ2) is 5.65. The molecule has 0 saturated heterocycles. The van der Waals surface area contributed by atoms with Crippen molar-refractivity contribution in [3.05, 3.63) is 53.9 Å². The summed E-state index contributed by atoms with van der Waals surface area (Å²) in [7, 11) is 0. The van der Waals surface area contributed by atoms with Gasteiger partial charge in [-0.3, -0.25) is 4.98 Å². The molecular formula is C15H18N2O. The summed E-state index contributed by atoms with van der Waals surface area (Å²) in [4.78, 5) is 4.19. The Hall–Kier alpha value is -1.87. The monoisotopic (exact) mass is 242 g/mol. The van der Waals surface area contributed by atoms with Gasteiger partial charge in [0.15, 0.2) is 0 Å². The number of pyridine rings is 1. The van der Waals surface area contributed by atoms with Crippen molar-refractivity contribution in [2.45, 2.75) is 26.3 Å². The van der Waals surface area contributed by atoms with Crippen LogP contribution in [0.2, 0.25) is 0 Å². The number of nitrogens with two attached hydrogens (primary N) is 1. The van der Waals surface area contributed by atoms with E-state index in [9.17, 15) is 0 Å². The summed E-state index contributed by atoms with van der Waals surface area (Å²) in [5.41, 5.74) is 7.96. The van der Waals surface area contributed by atoms with Crippen molar-refractivity contribution in [2.75, 3.05) is 0 Å². The van der Waals surface area contributed by atoms with E-state index in [0.29, 0.717) is 0 Å². The SMILES string of the molecule is Cc1ccc(Oc2ccc(CC(C)N)cc2)cn1. The fourth-order valence-electron chi connectivity index (χ4n) is 1.72. The van der Waals surface area contributed by atoms with Gasteiger partial charge in [-0.15, -0.1) is 0 Å². The predicted molar refractivity (Wildman–Crippen MR) is 72.8 cm³/mol. The number of benzene rings is 1. The number of aromatic nitrogens is 1. The first-order chi connectivity index (χ1) is 8.63. The van der Waals surface area contributed by atoms with E-state index in [1.807, 2.05) is 50.2 Å². The van der Waals surface area contributed by atoms with Crippen molar-refractivity contribution in [2.24, 2.45) is 5.73 Å². The molecule has 0 spiro atoms. The van der Waals surface area contributed by atoms with Crippen molar-refractivity contribution in [1.82, 2.24) is 4.98 Å². The van der Waals surface area contributed by atoms with Crippen LogP contribution in [0.1, 0.15) is 18.2 Å². The highest BCUT2D eigenvalue weighted by Crippen LogP contribution is 2.21. The zero-order valence-corrected chi connectivity index (χ0v) is 10.8. The maximum Gasteiger partial charge on any atom is 0.145 e. The Morgan fingerprint density at radius 2 is 1.78 bits per heavy atom. The molecule has 0 aliphatic carbocycles. The van der Waals surface area contributed by atoms with Gasteiger partial charge in [-0.1, -0.05) is 12.1 Å². The van der Waals surface area contributed by atoms with Crippen LogP contribution in [0.4, 0.5) is 0 Å². The van der Waals surface area contributed by atoms with Crippen LogP contribution in [0, 0.1) is 6.92 Å². The van der Waals surface area contributed by atoms with Crippen LogP contribution >= 0.6 is 0 Å². The molecule has 1 aromatic heterocycles. The van der Waals surface area contributed by atoms with Crippen molar-refractivity contribution < 1.29 is 4.74 Å². The van der Waals surface area contributed by atoms with Gasteiger partial charge in [0.1, 0.15) is 11.5 Å². The summed E-state index contributed by atoms with van der Waals surface area (Å²) in [5, 5.41) is 0. The number of nitrogens with zero attached hydrogens (tertiary/aromatic N) is 1. The summed E-state index contributed by atoms with van der Waals surface area (Å²) in [6.07, 6.45) is 2.61. The van der Waals surface area contributed by atoms with E-state index in [1.165, 1.54) is 5.56 Å². The van der Waals surface area contributed by atoms with Crippen LogP contribution in [0.3, 0.4) is 0 Å². The summed E-state index contributed by atoms with van der Waals surface area (Å²) in [5.74, 6) is 1.56. The number of hydrogen-bond acceptors (Lipinski definition) is 3. The lowest BCUT2D eigenvalue weighted by atomic mass is 10.1. The molecular weight excluding hydrogens is 224 g/mol. The van der Waals surface area contributed by atoms with Crippen molar-refractivity contribution in [1.29, 1.82) is 0 Å². The number of ether oxygens (including phenoxy) is 1. The summed E-state index contributed by atoms with van der Waals surface area (Å²) in [6.45, 7) is 3.95. The highest BCUT2D eigenvalue weighted by Gasteiger charge is 2.00. The Balaban J connectivity index is 2.04. The first kappa shape index (κ1) is 12.6.